The molecule has 0 saturated heterocycles. The van der Waals surface area contributed by atoms with Gasteiger partial charge in [0.05, 0.1) is 46.0 Å². The van der Waals surface area contributed by atoms with Crippen molar-refractivity contribution in [3.8, 4) is 28.8 Å². The number of ether oxygens (including phenoxy) is 2. The van der Waals surface area contributed by atoms with Crippen LogP contribution < -0.4 is 15.0 Å². The van der Waals surface area contributed by atoms with Gasteiger partial charge >= 0.3 is 5.97 Å². The number of thiophene rings is 1. The van der Waals surface area contributed by atoms with Crippen molar-refractivity contribution in [1.29, 1.82) is 5.26 Å². The van der Waals surface area contributed by atoms with Crippen LogP contribution in [0.4, 0.5) is 0 Å². The normalized spacial score (nSPS) is 12.9. The minimum Gasteiger partial charge on any atom is -0.491 e. The minimum absolute atomic E-state index is 0.0778. The molecule has 4 aromatic heterocycles. The quantitative estimate of drug-likeness (QED) is 0.223. The van der Waals surface area contributed by atoms with Gasteiger partial charge in [0.2, 0.25) is 5.88 Å². The molecule has 0 spiro atoms. The van der Waals surface area contributed by atoms with E-state index in [2.05, 4.69) is 21.0 Å². The van der Waals surface area contributed by atoms with Gasteiger partial charge in [-0.15, -0.1) is 11.3 Å². The molecule has 12 heteroatoms. The Balaban J connectivity index is 1.32. The van der Waals surface area contributed by atoms with Crippen LogP contribution in [-0.4, -0.2) is 43.8 Å². The van der Waals surface area contributed by atoms with Gasteiger partial charge in [0.15, 0.2) is 0 Å². The minimum atomic E-state index is -1.05. The maximum Gasteiger partial charge on any atom is 0.338 e. The molecule has 1 fully saturated rings. The Kier molecular flexibility index (Phi) is 7.26. The number of hydrogen-bond donors (Lipinski definition) is 1. The monoisotopic (exact) mass is 601 g/mol. The fraction of sp³-hybridized carbons (Fsp3) is 0.267. The smallest absolute Gasteiger partial charge is 0.338 e. The van der Waals surface area contributed by atoms with E-state index in [1.165, 1.54) is 22.1 Å². The van der Waals surface area contributed by atoms with Crippen LogP contribution in [0.3, 0.4) is 0 Å². The fourth-order valence-corrected chi connectivity index (χ4v) is 6.02. The Labute approximate surface area is 248 Å². The summed E-state index contributed by atoms with van der Waals surface area (Å²) in [4.78, 5) is 38.6. The van der Waals surface area contributed by atoms with E-state index in [0.717, 1.165) is 18.4 Å². The van der Waals surface area contributed by atoms with Gasteiger partial charge in [-0.2, -0.15) is 5.26 Å². The number of nitriles is 1. The largest absolute Gasteiger partial charge is 0.491 e. The molecule has 212 valence electrons. The number of carbonyl (C=O) groups is 1. The third kappa shape index (κ3) is 5.15. The molecule has 0 atom stereocenters. The van der Waals surface area contributed by atoms with Gasteiger partial charge < -0.3 is 14.6 Å². The number of aromatic carboxylic acids is 1. The van der Waals surface area contributed by atoms with Crippen molar-refractivity contribution in [2.45, 2.75) is 33.2 Å². The van der Waals surface area contributed by atoms with Gasteiger partial charge in [0.25, 0.3) is 5.56 Å². The molecule has 4 heterocycles. The van der Waals surface area contributed by atoms with Gasteiger partial charge in [0.1, 0.15) is 29.8 Å². The molecule has 1 N–H and O–H groups in total. The van der Waals surface area contributed by atoms with Crippen LogP contribution in [0.1, 0.15) is 40.3 Å². The number of rotatable bonds is 9. The predicted octanol–water partition coefficient (Wildman–Crippen LogP) is 5.78. The summed E-state index contributed by atoms with van der Waals surface area (Å²) in [6.45, 7) is 4.25. The Hall–Kier alpha value is -4.53. The Bertz CT molecular complexity index is 1990. The summed E-state index contributed by atoms with van der Waals surface area (Å²) in [5.74, 6) is 0.522. The summed E-state index contributed by atoms with van der Waals surface area (Å²) in [7, 11) is 0. The van der Waals surface area contributed by atoms with Crippen molar-refractivity contribution >= 4 is 50.0 Å². The Morgan fingerprint density at radius 1 is 1.21 bits per heavy atom. The molecule has 1 saturated carbocycles. The second-order valence-electron chi connectivity index (χ2n) is 10.1. The molecule has 0 amide bonds. The van der Waals surface area contributed by atoms with Crippen LogP contribution >= 0.6 is 22.9 Å². The van der Waals surface area contributed by atoms with E-state index < -0.39 is 5.97 Å². The van der Waals surface area contributed by atoms with Crippen molar-refractivity contribution in [2.24, 2.45) is 5.92 Å². The maximum absolute atomic E-state index is 13.6. The number of carboxylic acids is 1. The molecule has 10 nitrogen and oxygen atoms in total. The zero-order chi connectivity index (χ0) is 29.5. The molecule has 42 heavy (non-hydrogen) atoms. The molecule has 0 aliphatic heterocycles. The number of fused-ring (bicyclic) bond motifs is 2. The van der Waals surface area contributed by atoms with Crippen LogP contribution in [0.2, 0.25) is 5.02 Å². The van der Waals surface area contributed by atoms with Crippen LogP contribution in [0.25, 0.3) is 32.2 Å². The summed E-state index contributed by atoms with van der Waals surface area (Å²) in [6, 6.07) is 9.15. The molecular weight excluding hydrogens is 578 g/mol. The number of aromatic nitrogens is 4. The highest BCUT2D eigenvalue weighted by Crippen LogP contribution is 2.40. The third-order valence-electron chi connectivity index (χ3n) is 7.11. The van der Waals surface area contributed by atoms with Crippen LogP contribution in [0.5, 0.6) is 11.6 Å². The van der Waals surface area contributed by atoms with Gasteiger partial charge in [-0.25, -0.2) is 14.8 Å². The second-order valence-corrected chi connectivity index (χ2v) is 11.4. The molecule has 1 aliphatic rings. The summed E-state index contributed by atoms with van der Waals surface area (Å²) in [5.41, 5.74) is 2.65. The highest BCUT2D eigenvalue weighted by molar-refractivity contribution is 7.18. The van der Waals surface area contributed by atoms with Crippen LogP contribution in [0, 0.1) is 31.1 Å². The summed E-state index contributed by atoms with van der Waals surface area (Å²) < 4.78 is 14.1. The fourth-order valence-electron chi connectivity index (χ4n) is 4.83. The van der Waals surface area contributed by atoms with E-state index in [9.17, 15) is 20.0 Å². The van der Waals surface area contributed by atoms with Gasteiger partial charge in [0, 0.05) is 27.2 Å². The maximum atomic E-state index is 13.6. The lowest BCUT2D eigenvalue weighted by atomic mass is 10.0. The summed E-state index contributed by atoms with van der Waals surface area (Å²) >= 11 is 7.66. The number of carboxylic acid groups (broad SMARTS) is 1. The van der Waals surface area contributed by atoms with E-state index in [4.69, 9.17) is 21.1 Å². The lowest BCUT2D eigenvalue weighted by Gasteiger charge is -2.16. The first kappa shape index (κ1) is 27.6. The van der Waals surface area contributed by atoms with Gasteiger partial charge in [-0.05, 0) is 56.9 Å². The van der Waals surface area contributed by atoms with Crippen LogP contribution in [-0.2, 0) is 6.54 Å². The standard InChI is InChI=1S/C30H24ClN5O5S/c1-15-9-20(27-26(34-15)22(14-42-27)30(38)39)19-10-18(31)5-6-24(19)40-8-7-36-16(2)35-23-12-33-28(41-13-17-3-4-17)21(11-32)25(23)29(36)37/h5-6,9-10,12,14,17H,3-4,7-8,13H2,1-2H3,(H,38,39). The summed E-state index contributed by atoms with van der Waals surface area (Å²) in [6.07, 6.45) is 3.63. The summed E-state index contributed by atoms with van der Waals surface area (Å²) in [5, 5.41) is 21.7. The van der Waals surface area contributed by atoms with Crippen molar-refractivity contribution in [2.75, 3.05) is 13.2 Å². The molecule has 6 rings (SSSR count). The van der Waals surface area contributed by atoms with E-state index in [0.29, 0.717) is 56.1 Å². The lowest BCUT2D eigenvalue weighted by molar-refractivity contribution is 0.0699. The average molecular weight is 602 g/mol. The molecular formula is C30H24ClN5O5S. The SMILES string of the molecule is Cc1cc(-c2cc(Cl)ccc2OCCn2c(C)nc3cnc(OCC4CC4)c(C#N)c3c2=O)c2scc(C(=O)O)c2n1. The zero-order valence-corrected chi connectivity index (χ0v) is 24.3. The lowest BCUT2D eigenvalue weighted by Crippen LogP contribution is -2.27. The Morgan fingerprint density at radius 2 is 2.02 bits per heavy atom. The van der Waals surface area contributed by atoms with Gasteiger partial charge in [-0.3, -0.25) is 14.3 Å². The number of halogens is 1. The van der Waals surface area contributed by atoms with Crippen LogP contribution in [0.15, 0.2) is 40.6 Å². The van der Waals surface area contributed by atoms with Gasteiger partial charge in [-0.1, -0.05) is 11.6 Å². The number of nitrogens with zero attached hydrogens (tertiary/aromatic N) is 5. The van der Waals surface area contributed by atoms with Crippen molar-refractivity contribution < 1.29 is 19.4 Å². The first-order valence-electron chi connectivity index (χ1n) is 13.2. The van der Waals surface area contributed by atoms with E-state index in [1.807, 2.05) is 6.07 Å². The molecule has 1 aliphatic carbocycles. The molecule has 0 bridgehead atoms. The third-order valence-corrected chi connectivity index (χ3v) is 8.34. The first-order valence-corrected chi connectivity index (χ1v) is 14.5. The highest BCUT2D eigenvalue weighted by Gasteiger charge is 2.24. The zero-order valence-electron chi connectivity index (χ0n) is 22.7. The number of benzene rings is 1. The van der Waals surface area contributed by atoms with Crippen molar-refractivity contribution in [3.05, 3.63) is 73.9 Å². The second kappa shape index (κ2) is 11.0. The highest BCUT2D eigenvalue weighted by atomic mass is 35.5. The van der Waals surface area contributed by atoms with E-state index in [-0.39, 0.29) is 41.1 Å². The molecule has 5 aromatic rings. The number of pyridine rings is 2. The number of hydrogen-bond acceptors (Lipinski definition) is 9. The average Bonchev–Trinajstić information content (AvgIpc) is 3.69. The molecule has 0 radical (unpaired) electrons. The first-order chi connectivity index (χ1) is 20.2. The van der Waals surface area contributed by atoms with Crippen molar-refractivity contribution in [1.82, 2.24) is 19.5 Å². The Morgan fingerprint density at radius 3 is 2.76 bits per heavy atom. The molecule has 1 aromatic carbocycles. The van der Waals surface area contributed by atoms with E-state index in [1.54, 1.807) is 37.4 Å². The predicted molar refractivity (Wildman–Crippen MR) is 159 cm³/mol. The van der Waals surface area contributed by atoms with Crippen molar-refractivity contribution in [3.63, 3.8) is 0 Å². The molecule has 0 unspecified atom stereocenters. The number of aryl methyl sites for hydroxylation is 2. The topological polar surface area (TPSA) is 140 Å². The van der Waals surface area contributed by atoms with E-state index >= 15 is 0 Å².